The lowest BCUT2D eigenvalue weighted by molar-refractivity contribution is -0.127. The molecule has 0 radical (unpaired) electrons. The van der Waals surface area contributed by atoms with Gasteiger partial charge in [0.1, 0.15) is 5.92 Å². The first-order valence-corrected chi connectivity index (χ1v) is 9.94. The molecule has 3 aromatic carbocycles. The molecule has 0 bridgehead atoms. The number of hydrazine groups is 1. The summed E-state index contributed by atoms with van der Waals surface area (Å²) in [6.07, 6.45) is 0.313. The maximum Gasteiger partial charge on any atom is 0.258 e. The lowest BCUT2D eigenvalue weighted by atomic mass is 9.97. The molecule has 1 fully saturated rings. The number of carbonyl (C=O) groups excluding carboxylic acids is 3. The van der Waals surface area contributed by atoms with Crippen LogP contribution in [0.15, 0.2) is 84.9 Å². The van der Waals surface area contributed by atoms with Crippen LogP contribution in [-0.2, 0) is 9.59 Å². The molecule has 3 aromatic rings. The highest BCUT2D eigenvalue weighted by Gasteiger charge is 2.46. The SMILES string of the molecule is Cc1ccc(C(=O)CCC2C(=O)N(c3ccccc3)N(c3ccccc3)C2=O)cc1. The van der Waals surface area contributed by atoms with Crippen LogP contribution in [0.25, 0.3) is 0 Å². The molecule has 0 saturated carbocycles. The van der Waals surface area contributed by atoms with Crippen molar-refractivity contribution >= 4 is 29.0 Å². The van der Waals surface area contributed by atoms with Crippen LogP contribution in [0.2, 0.25) is 0 Å². The van der Waals surface area contributed by atoms with E-state index in [1.165, 1.54) is 10.0 Å². The molecule has 1 saturated heterocycles. The number of carbonyl (C=O) groups is 3. The Bertz CT molecular complexity index is 1010. The van der Waals surface area contributed by atoms with Crippen LogP contribution in [0, 0.1) is 12.8 Å². The molecule has 5 heteroatoms. The highest BCUT2D eigenvalue weighted by molar-refractivity contribution is 6.23. The number of benzene rings is 3. The predicted molar refractivity (Wildman–Crippen MR) is 116 cm³/mol. The van der Waals surface area contributed by atoms with Gasteiger partial charge < -0.3 is 0 Å². The molecule has 30 heavy (non-hydrogen) atoms. The minimum atomic E-state index is -0.889. The summed E-state index contributed by atoms with van der Waals surface area (Å²) >= 11 is 0. The molecule has 1 heterocycles. The number of para-hydroxylation sites is 2. The number of hydrogen-bond donors (Lipinski definition) is 0. The smallest absolute Gasteiger partial charge is 0.258 e. The Morgan fingerprint density at radius 3 is 1.67 bits per heavy atom. The van der Waals surface area contributed by atoms with Crippen LogP contribution in [0.1, 0.15) is 28.8 Å². The van der Waals surface area contributed by atoms with Crippen molar-refractivity contribution < 1.29 is 14.4 Å². The topological polar surface area (TPSA) is 57.7 Å². The summed E-state index contributed by atoms with van der Waals surface area (Å²) in [4.78, 5) is 39.1. The average Bonchev–Trinajstić information content (AvgIpc) is 3.03. The van der Waals surface area contributed by atoms with E-state index in [9.17, 15) is 14.4 Å². The second-order valence-electron chi connectivity index (χ2n) is 7.35. The summed E-state index contributed by atoms with van der Waals surface area (Å²) in [7, 11) is 0. The van der Waals surface area contributed by atoms with Gasteiger partial charge in [-0.2, -0.15) is 0 Å². The second kappa shape index (κ2) is 8.33. The van der Waals surface area contributed by atoms with Gasteiger partial charge in [-0.1, -0.05) is 66.2 Å². The van der Waals surface area contributed by atoms with Gasteiger partial charge in [-0.25, -0.2) is 10.0 Å². The number of rotatable bonds is 6. The number of nitrogens with zero attached hydrogens (tertiary/aromatic N) is 2. The van der Waals surface area contributed by atoms with E-state index in [-0.39, 0.29) is 30.4 Å². The zero-order valence-electron chi connectivity index (χ0n) is 16.7. The molecule has 1 aliphatic heterocycles. The van der Waals surface area contributed by atoms with Crippen LogP contribution in [0.3, 0.4) is 0 Å². The Labute approximate surface area is 175 Å². The van der Waals surface area contributed by atoms with E-state index >= 15 is 0 Å². The minimum Gasteiger partial charge on any atom is -0.294 e. The van der Waals surface area contributed by atoms with Crippen molar-refractivity contribution in [2.45, 2.75) is 19.8 Å². The summed E-state index contributed by atoms with van der Waals surface area (Å²) in [5.41, 5.74) is 2.90. The van der Waals surface area contributed by atoms with Crippen molar-refractivity contribution in [2.75, 3.05) is 10.0 Å². The zero-order chi connectivity index (χ0) is 21.1. The summed E-state index contributed by atoms with van der Waals surface area (Å²) in [6, 6.07) is 25.5. The molecule has 0 aliphatic carbocycles. The first kappa shape index (κ1) is 19.6. The average molecular weight is 398 g/mol. The van der Waals surface area contributed by atoms with Gasteiger partial charge in [0.2, 0.25) is 0 Å². The van der Waals surface area contributed by atoms with Gasteiger partial charge in [0.15, 0.2) is 5.78 Å². The van der Waals surface area contributed by atoms with E-state index < -0.39 is 5.92 Å². The number of anilines is 2. The quantitative estimate of drug-likeness (QED) is 0.451. The molecule has 2 amide bonds. The van der Waals surface area contributed by atoms with Gasteiger partial charge in [-0.3, -0.25) is 14.4 Å². The van der Waals surface area contributed by atoms with Crippen molar-refractivity contribution in [1.29, 1.82) is 0 Å². The number of amides is 2. The third-order valence-electron chi connectivity index (χ3n) is 5.25. The van der Waals surface area contributed by atoms with E-state index in [1.54, 1.807) is 36.4 Å². The fraction of sp³-hybridized carbons (Fsp3) is 0.160. The Morgan fingerprint density at radius 2 is 1.20 bits per heavy atom. The molecule has 4 rings (SSSR count). The van der Waals surface area contributed by atoms with Gasteiger partial charge in [-0.05, 0) is 37.6 Å². The van der Waals surface area contributed by atoms with Gasteiger partial charge in [0.25, 0.3) is 11.8 Å². The van der Waals surface area contributed by atoms with E-state index in [2.05, 4.69) is 0 Å². The molecular weight excluding hydrogens is 376 g/mol. The molecule has 0 spiro atoms. The molecule has 0 atom stereocenters. The van der Waals surface area contributed by atoms with Crippen molar-refractivity contribution in [3.8, 4) is 0 Å². The largest absolute Gasteiger partial charge is 0.294 e. The summed E-state index contributed by atoms with van der Waals surface area (Å²) in [5, 5.41) is 2.83. The third kappa shape index (κ3) is 3.74. The highest BCUT2D eigenvalue weighted by Crippen LogP contribution is 2.33. The summed E-state index contributed by atoms with van der Waals surface area (Å²) in [6.45, 7) is 1.96. The van der Waals surface area contributed by atoms with Crippen LogP contribution in [0.4, 0.5) is 11.4 Å². The number of ketones is 1. The number of aryl methyl sites for hydroxylation is 1. The van der Waals surface area contributed by atoms with E-state index in [1.807, 2.05) is 55.5 Å². The first-order chi connectivity index (χ1) is 14.6. The number of hydrogen-bond acceptors (Lipinski definition) is 3. The Hall–Kier alpha value is -3.73. The van der Waals surface area contributed by atoms with Crippen LogP contribution >= 0.6 is 0 Å². The molecule has 1 aliphatic rings. The highest BCUT2D eigenvalue weighted by atomic mass is 16.2. The second-order valence-corrected chi connectivity index (χ2v) is 7.35. The van der Waals surface area contributed by atoms with Gasteiger partial charge in [-0.15, -0.1) is 0 Å². The van der Waals surface area contributed by atoms with Crippen LogP contribution in [-0.4, -0.2) is 17.6 Å². The Balaban J connectivity index is 1.59. The Morgan fingerprint density at radius 1 is 0.733 bits per heavy atom. The predicted octanol–water partition coefficient (Wildman–Crippen LogP) is 4.57. The standard InChI is InChI=1S/C25H22N2O3/c1-18-12-14-19(15-13-18)23(28)17-16-22-24(29)26(20-8-4-2-5-9-20)27(25(22)30)21-10-6-3-7-11-21/h2-15,22H,16-17H2,1H3. The molecule has 0 unspecified atom stereocenters. The minimum absolute atomic E-state index is 0.0694. The van der Waals surface area contributed by atoms with Crippen LogP contribution in [0.5, 0.6) is 0 Å². The maximum atomic E-state index is 13.2. The number of Topliss-reactive ketones (excluding diaryl/α,β-unsaturated/α-hetero) is 1. The van der Waals surface area contributed by atoms with Crippen molar-refractivity contribution in [3.05, 3.63) is 96.1 Å². The Kier molecular flexibility index (Phi) is 5.44. The van der Waals surface area contributed by atoms with E-state index in [0.29, 0.717) is 16.9 Å². The first-order valence-electron chi connectivity index (χ1n) is 9.94. The van der Waals surface area contributed by atoms with Gasteiger partial charge in [0, 0.05) is 12.0 Å². The van der Waals surface area contributed by atoms with Crippen molar-refractivity contribution in [2.24, 2.45) is 5.92 Å². The van der Waals surface area contributed by atoms with Gasteiger partial charge in [0.05, 0.1) is 11.4 Å². The van der Waals surface area contributed by atoms with Crippen molar-refractivity contribution in [3.63, 3.8) is 0 Å². The molecule has 5 nitrogen and oxygen atoms in total. The van der Waals surface area contributed by atoms with Crippen LogP contribution < -0.4 is 10.0 Å². The van der Waals surface area contributed by atoms with E-state index in [4.69, 9.17) is 0 Å². The maximum absolute atomic E-state index is 13.2. The zero-order valence-corrected chi connectivity index (χ0v) is 16.7. The normalized spacial score (nSPS) is 14.4. The fourth-order valence-corrected chi connectivity index (χ4v) is 3.63. The molecule has 150 valence electrons. The molecule has 0 aromatic heterocycles. The lowest BCUT2D eigenvalue weighted by Crippen LogP contribution is -2.41. The van der Waals surface area contributed by atoms with E-state index in [0.717, 1.165) is 5.56 Å². The summed E-state index contributed by atoms with van der Waals surface area (Å²) < 4.78 is 0. The van der Waals surface area contributed by atoms with Crippen molar-refractivity contribution in [1.82, 2.24) is 0 Å². The third-order valence-corrected chi connectivity index (χ3v) is 5.25. The lowest BCUT2D eigenvalue weighted by Gasteiger charge is -2.27. The molecule has 0 N–H and O–H groups in total. The van der Waals surface area contributed by atoms with Gasteiger partial charge >= 0.3 is 0 Å². The molecular formula is C25H22N2O3. The monoisotopic (exact) mass is 398 g/mol. The summed E-state index contributed by atoms with van der Waals surface area (Å²) in [5.74, 6) is -1.58. The fourth-order valence-electron chi connectivity index (χ4n) is 3.63.